The molecule has 0 atom stereocenters. The molecule has 4 aromatic rings. The second-order valence-electron chi connectivity index (χ2n) is 7.48. The molecule has 160 valence electrons. The summed E-state index contributed by atoms with van der Waals surface area (Å²) in [6.45, 7) is 4.09. The van der Waals surface area contributed by atoms with E-state index in [-0.39, 0.29) is 10.7 Å². The molecule has 3 heterocycles. The minimum absolute atomic E-state index is 0.146. The summed E-state index contributed by atoms with van der Waals surface area (Å²) < 4.78 is 30.5. The molecule has 0 aliphatic carbocycles. The van der Waals surface area contributed by atoms with Crippen molar-refractivity contribution in [2.24, 2.45) is 0 Å². The monoisotopic (exact) mass is 500 g/mol. The summed E-state index contributed by atoms with van der Waals surface area (Å²) in [4.78, 5) is 15.8. The van der Waals surface area contributed by atoms with E-state index in [1.54, 1.807) is 54.5 Å². The van der Waals surface area contributed by atoms with Crippen molar-refractivity contribution in [2.45, 2.75) is 38.1 Å². The minimum Gasteiger partial charge on any atom is -0.300 e. The van der Waals surface area contributed by atoms with Gasteiger partial charge in [-0.15, -0.1) is 0 Å². The van der Waals surface area contributed by atoms with E-state index >= 15 is 0 Å². The number of nitrogens with zero attached hydrogens (tertiary/aromatic N) is 4. The van der Waals surface area contributed by atoms with E-state index in [9.17, 15) is 13.2 Å². The zero-order valence-electron chi connectivity index (χ0n) is 17.1. The number of Topliss-reactive ketones (excluding diaryl/α,β-unsaturated/α-hetero) is 1. The van der Waals surface area contributed by atoms with Crippen LogP contribution in [0.1, 0.15) is 25.3 Å². The molecule has 0 aliphatic heterocycles. The first-order valence-electron chi connectivity index (χ1n) is 9.77. The number of rotatable bonds is 7. The molecule has 0 N–H and O–H groups in total. The van der Waals surface area contributed by atoms with Gasteiger partial charge in [0, 0.05) is 52.5 Å². The van der Waals surface area contributed by atoms with Gasteiger partial charge in [0.25, 0.3) is 10.0 Å². The molecule has 4 rings (SSSR count). The van der Waals surface area contributed by atoms with Crippen molar-refractivity contribution < 1.29 is 13.2 Å². The van der Waals surface area contributed by atoms with Gasteiger partial charge in [0.2, 0.25) is 0 Å². The molecule has 0 spiro atoms. The van der Waals surface area contributed by atoms with Crippen LogP contribution in [-0.2, 0) is 21.4 Å². The lowest BCUT2D eigenvalue weighted by molar-refractivity contribution is -0.117. The Kier molecular flexibility index (Phi) is 5.81. The van der Waals surface area contributed by atoms with Crippen LogP contribution in [-0.4, -0.2) is 32.9 Å². The predicted octanol–water partition coefficient (Wildman–Crippen LogP) is 4.58. The Balaban J connectivity index is 1.79. The van der Waals surface area contributed by atoms with Gasteiger partial charge in [0.15, 0.2) is 5.65 Å². The lowest BCUT2D eigenvalue weighted by atomic mass is 10.1. The fourth-order valence-corrected chi connectivity index (χ4v) is 5.06. The molecule has 31 heavy (non-hydrogen) atoms. The fourth-order valence-electron chi connectivity index (χ4n) is 3.41. The minimum atomic E-state index is -3.83. The molecule has 0 saturated heterocycles. The van der Waals surface area contributed by atoms with Crippen LogP contribution in [0.15, 0.2) is 64.5 Å². The topological polar surface area (TPSA) is 86.9 Å². The number of aromatic nitrogens is 4. The number of pyridine rings is 1. The maximum atomic E-state index is 13.4. The summed E-state index contributed by atoms with van der Waals surface area (Å²) in [5.41, 5.74) is 2.84. The second-order valence-corrected chi connectivity index (χ2v) is 10.2. The van der Waals surface area contributed by atoms with Gasteiger partial charge in [-0.25, -0.2) is 17.4 Å². The molecule has 1 aromatic carbocycles. The van der Waals surface area contributed by atoms with Crippen LogP contribution in [0.4, 0.5) is 0 Å². The number of carbonyl (C=O) groups is 1. The van der Waals surface area contributed by atoms with Crippen LogP contribution < -0.4 is 0 Å². The van der Waals surface area contributed by atoms with Crippen molar-refractivity contribution in [3.8, 4) is 11.1 Å². The van der Waals surface area contributed by atoms with E-state index in [1.165, 1.54) is 3.97 Å². The number of hydrogen-bond acceptors (Lipinski definition) is 5. The zero-order valence-corrected chi connectivity index (χ0v) is 19.5. The predicted molar refractivity (Wildman–Crippen MR) is 122 cm³/mol. The number of carbonyl (C=O) groups excluding carboxylic acids is 1. The number of fused-ring (bicyclic) bond motifs is 1. The molecule has 9 heteroatoms. The first-order valence-corrected chi connectivity index (χ1v) is 12.0. The highest BCUT2D eigenvalue weighted by Crippen LogP contribution is 2.33. The quantitative estimate of drug-likeness (QED) is 0.370. The number of hydrogen-bond donors (Lipinski definition) is 0. The van der Waals surface area contributed by atoms with Crippen molar-refractivity contribution in [3.05, 3.63) is 65.2 Å². The summed E-state index contributed by atoms with van der Waals surface area (Å²) in [7, 11) is -3.83. The van der Waals surface area contributed by atoms with Crippen molar-refractivity contribution in [1.29, 1.82) is 0 Å². The molecule has 0 fully saturated rings. The van der Waals surface area contributed by atoms with Crippen LogP contribution >= 0.6 is 15.9 Å². The maximum Gasteiger partial charge on any atom is 0.269 e. The van der Waals surface area contributed by atoms with Crippen molar-refractivity contribution >= 4 is 42.8 Å². The number of ketones is 1. The van der Waals surface area contributed by atoms with Gasteiger partial charge in [0.05, 0.1) is 11.1 Å². The smallest absolute Gasteiger partial charge is 0.269 e. The molecule has 7 nitrogen and oxygen atoms in total. The van der Waals surface area contributed by atoms with Gasteiger partial charge >= 0.3 is 0 Å². The Morgan fingerprint density at radius 2 is 1.87 bits per heavy atom. The molecular weight excluding hydrogens is 480 g/mol. The fraction of sp³-hybridized carbons (Fsp3) is 0.227. The standard InChI is InChI=1S/C22H21BrN4O3S/c1-15-5-7-19(8-6-15)31(29,30)27-14-21(20-10-18(23)12-24-22(20)27)17-11-25-26(13-17)9-3-4-16(2)28/h5-8,10-14H,3-4,9H2,1-2H3. The highest BCUT2D eigenvalue weighted by molar-refractivity contribution is 9.10. The van der Waals surface area contributed by atoms with Crippen molar-refractivity contribution in [1.82, 2.24) is 18.7 Å². The lowest BCUT2D eigenvalue weighted by Crippen LogP contribution is -2.12. The third-order valence-corrected chi connectivity index (χ3v) is 7.11. The zero-order chi connectivity index (χ0) is 22.2. The molecule has 0 amide bonds. The third-order valence-electron chi connectivity index (χ3n) is 5.02. The normalized spacial score (nSPS) is 11.8. The Hall–Kier alpha value is -2.78. The number of benzene rings is 1. The van der Waals surface area contributed by atoms with E-state index in [2.05, 4.69) is 26.0 Å². The Labute approximate surface area is 188 Å². The largest absolute Gasteiger partial charge is 0.300 e. The first-order chi connectivity index (χ1) is 14.8. The van der Waals surface area contributed by atoms with E-state index < -0.39 is 10.0 Å². The van der Waals surface area contributed by atoms with Crippen LogP contribution in [0.3, 0.4) is 0 Å². The van der Waals surface area contributed by atoms with Crippen LogP contribution in [0.5, 0.6) is 0 Å². The number of aryl methyl sites for hydroxylation is 2. The molecule has 0 radical (unpaired) electrons. The summed E-state index contributed by atoms with van der Waals surface area (Å²) in [6, 6.07) is 8.60. The molecular formula is C22H21BrN4O3S. The van der Waals surface area contributed by atoms with E-state index in [1.807, 2.05) is 19.2 Å². The third kappa shape index (κ3) is 4.33. The van der Waals surface area contributed by atoms with Crippen LogP contribution in [0.25, 0.3) is 22.2 Å². The summed E-state index contributed by atoms with van der Waals surface area (Å²) in [5.74, 6) is 0.146. The summed E-state index contributed by atoms with van der Waals surface area (Å²) in [5, 5.41) is 5.07. The van der Waals surface area contributed by atoms with Gasteiger partial charge in [-0.3, -0.25) is 4.68 Å². The molecule has 0 aliphatic rings. The Morgan fingerprint density at radius 3 is 2.58 bits per heavy atom. The van der Waals surface area contributed by atoms with Crippen LogP contribution in [0, 0.1) is 6.92 Å². The van der Waals surface area contributed by atoms with Gasteiger partial charge in [-0.05, 0) is 54.4 Å². The average Bonchev–Trinajstić information content (AvgIpc) is 3.32. The summed E-state index contributed by atoms with van der Waals surface area (Å²) >= 11 is 3.43. The Bertz CT molecular complexity index is 1370. The molecule has 0 saturated carbocycles. The molecule has 3 aromatic heterocycles. The van der Waals surface area contributed by atoms with Gasteiger partial charge in [0.1, 0.15) is 5.78 Å². The first kappa shape index (κ1) is 21.5. The summed E-state index contributed by atoms with van der Waals surface area (Å²) in [6.07, 6.45) is 7.94. The van der Waals surface area contributed by atoms with Gasteiger partial charge in [-0.2, -0.15) is 5.10 Å². The highest BCUT2D eigenvalue weighted by atomic mass is 79.9. The lowest BCUT2D eigenvalue weighted by Gasteiger charge is -2.07. The van der Waals surface area contributed by atoms with Crippen molar-refractivity contribution in [3.63, 3.8) is 0 Å². The van der Waals surface area contributed by atoms with E-state index in [4.69, 9.17) is 0 Å². The van der Waals surface area contributed by atoms with Crippen molar-refractivity contribution in [2.75, 3.05) is 0 Å². The number of halogens is 1. The van der Waals surface area contributed by atoms with Crippen LogP contribution in [0.2, 0.25) is 0 Å². The van der Waals surface area contributed by atoms with E-state index in [0.29, 0.717) is 30.4 Å². The van der Waals surface area contributed by atoms with E-state index in [0.717, 1.165) is 21.2 Å². The molecule has 0 bridgehead atoms. The highest BCUT2D eigenvalue weighted by Gasteiger charge is 2.23. The van der Waals surface area contributed by atoms with Gasteiger partial charge < -0.3 is 4.79 Å². The molecule has 0 unspecified atom stereocenters. The van der Waals surface area contributed by atoms with Gasteiger partial charge in [-0.1, -0.05) is 17.7 Å². The second kappa shape index (κ2) is 8.39. The average molecular weight is 501 g/mol. The Morgan fingerprint density at radius 1 is 1.13 bits per heavy atom. The SMILES string of the molecule is CC(=O)CCCn1cc(-c2cn(S(=O)(=O)c3ccc(C)cc3)c3ncc(Br)cc23)cn1. The maximum absolute atomic E-state index is 13.4.